The van der Waals surface area contributed by atoms with Crippen LogP contribution in [-0.2, 0) is 14.8 Å². The minimum atomic E-state index is -3.52. The third-order valence-electron chi connectivity index (χ3n) is 3.46. The summed E-state index contributed by atoms with van der Waals surface area (Å²) in [6, 6.07) is 4.84. The Morgan fingerprint density at radius 3 is 2.68 bits per heavy atom. The van der Waals surface area contributed by atoms with Gasteiger partial charge in [-0.3, -0.25) is 4.79 Å². The van der Waals surface area contributed by atoms with E-state index in [2.05, 4.69) is 10.6 Å². The van der Waals surface area contributed by atoms with Crippen LogP contribution < -0.4 is 10.6 Å². The molecule has 124 valence electrons. The molecule has 1 aromatic rings. The number of nitrogens with one attached hydrogen (secondary N) is 2. The Morgan fingerprint density at radius 1 is 1.27 bits per heavy atom. The molecule has 1 fully saturated rings. The first-order valence-electron chi connectivity index (χ1n) is 7.00. The van der Waals surface area contributed by atoms with E-state index in [0.717, 1.165) is 18.5 Å². The summed E-state index contributed by atoms with van der Waals surface area (Å²) in [7, 11) is -3.52. The highest BCUT2D eigenvalue weighted by atomic mass is 35.5. The molecule has 0 saturated carbocycles. The van der Waals surface area contributed by atoms with Crippen LogP contribution >= 0.6 is 12.4 Å². The van der Waals surface area contributed by atoms with E-state index in [9.17, 15) is 13.2 Å². The van der Waals surface area contributed by atoms with Crippen molar-refractivity contribution in [3.8, 4) is 0 Å². The van der Waals surface area contributed by atoms with Crippen molar-refractivity contribution < 1.29 is 13.2 Å². The van der Waals surface area contributed by atoms with E-state index in [4.69, 9.17) is 0 Å². The second-order valence-electron chi connectivity index (χ2n) is 5.17. The van der Waals surface area contributed by atoms with Crippen molar-refractivity contribution in [3.05, 3.63) is 23.8 Å². The molecule has 0 unspecified atom stereocenters. The second kappa shape index (κ2) is 7.92. The van der Waals surface area contributed by atoms with Gasteiger partial charge >= 0.3 is 0 Å². The predicted molar refractivity (Wildman–Crippen MR) is 89.0 cm³/mol. The average Bonchev–Trinajstić information content (AvgIpc) is 2.70. The Balaban J connectivity index is 0.00000242. The first-order chi connectivity index (χ1) is 9.91. The van der Waals surface area contributed by atoms with Crippen molar-refractivity contribution in [2.45, 2.75) is 25.2 Å². The molecular formula is C14H22ClN3O3S. The lowest BCUT2D eigenvalue weighted by Gasteiger charge is -2.20. The Kier molecular flexibility index (Phi) is 6.80. The highest BCUT2D eigenvalue weighted by Crippen LogP contribution is 2.23. The van der Waals surface area contributed by atoms with Gasteiger partial charge in [0.2, 0.25) is 15.9 Å². The molecule has 1 aliphatic rings. The van der Waals surface area contributed by atoms with Gasteiger partial charge in [-0.05, 0) is 37.6 Å². The van der Waals surface area contributed by atoms with Crippen LogP contribution in [0.25, 0.3) is 0 Å². The Labute approximate surface area is 137 Å². The van der Waals surface area contributed by atoms with Crippen LogP contribution in [0, 0.1) is 6.92 Å². The molecule has 0 atom stereocenters. The summed E-state index contributed by atoms with van der Waals surface area (Å²) in [5.41, 5.74) is 1.37. The first-order valence-corrected chi connectivity index (χ1v) is 8.44. The molecule has 0 aromatic heterocycles. The fourth-order valence-electron chi connectivity index (χ4n) is 2.30. The van der Waals surface area contributed by atoms with Crippen LogP contribution in [0.4, 0.5) is 5.69 Å². The molecule has 0 bridgehead atoms. The molecule has 1 saturated heterocycles. The van der Waals surface area contributed by atoms with Crippen LogP contribution in [0.1, 0.15) is 18.9 Å². The Bertz CT molecular complexity index is 626. The molecule has 22 heavy (non-hydrogen) atoms. The van der Waals surface area contributed by atoms with Gasteiger partial charge in [-0.2, -0.15) is 4.31 Å². The van der Waals surface area contributed by atoms with Crippen molar-refractivity contribution in [2.24, 2.45) is 0 Å². The number of nitrogens with zero attached hydrogens (tertiary/aromatic N) is 1. The number of hydrogen-bond donors (Lipinski definition) is 2. The summed E-state index contributed by atoms with van der Waals surface area (Å²) in [4.78, 5) is 11.4. The van der Waals surface area contributed by atoms with E-state index < -0.39 is 10.0 Å². The average molecular weight is 348 g/mol. The fraction of sp³-hybridized carbons (Fsp3) is 0.500. The summed E-state index contributed by atoms with van der Waals surface area (Å²) in [5, 5.41) is 5.85. The number of aryl methyl sites for hydroxylation is 1. The molecule has 0 aliphatic carbocycles. The van der Waals surface area contributed by atoms with Crippen LogP contribution in [-0.4, -0.2) is 44.8 Å². The minimum Gasteiger partial charge on any atom is -0.326 e. The SMILES string of the molecule is CC(=O)Nc1cc(S(=O)(=O)N2CCCNCC2)ccc1C.Cl. The number of halogens is 1. The molecule has 1 aromatic carbocycles. The lowest BCUT2D eigenvalue weighted by atomic mass is 10.2. The number of carbonyl (C=O) groups is 1. The molecule has 8 heteroatoms. The van der Waals surface area contributed by atoms with Crippen molar-refractivity contribution in [2.75, 3.05) is 31.5 Å². The van der Waals surface area contributed by atoms with Gasteiger partial charge in [-0.1, -0.05) is 6.07 Å². The number of sulfonamides is 1. The van der Waals surface area contributed by atoms with Crippen LogP contribution in [0.2, 0.25) is 0 Å². The fourth-order valence-corrected chi connectivity index (χ4v) is 3.80. The monoisotopic (exact) mass is 347 g/mol. The molecule has 2 rings (SSSR count). The zero-order valence-electron chi connectivity index (χ0n) is 12.8. The molecule has 0 radical (unpaired) electrons. The summed E-state index contributed by atoms with van der Waals surface area (Å²) in [6.45, 7) is 5.70. The number of anilines is 1. The Hall–Kier alpha value is -1.15. The van der Waals surface area contributed by atoms with E-state index in [1.165, 1.54) is 17.3 Å². The zero-order valence-corrected chi connectivity index (χ0v) is 14.4. The molecule has 1 aliphatic heterocycles. The lowest BCUT2D eigenvalue weighted by Crippen LogP contribution is -2.34. The lowest BCUT2D eigenvalue weighted by molar-refractivity contribution is -0.114. The topological polar surface area (TPSA) is 78.5 Å². The molecule has 6 nitrogen and oxygen atoms in total. The van der Waals surface area contributed by atoms with Crippen LogP contribution in [0.3, 0.4) is 0 Å². The quantitative estimate of drug-likeness (QED) is 0.865. The molecular weight excluding hydrogens is 326 g/mol. The number of benzene rings is 1. The van der Waals surface area contributed by atoms with Gasteiger partial charge in [-0.15, -0.1) is 12.4 Å². The molecule has 1 heterocycles. The smallest absolute Gasteiger partial charge is 0.243 e. The number of carbonyl (C=O) groups excluding carboxylic acids is 1. The highest BCUT2D eigenvalue weighted by molar-refractivity contribution is 7.89. The summed E-state index contributed by atoms with van der Waals surface area (Å²) in [5.74, 6) is -0.216. The Morgan fingerprint density at radius 2 is 2.00 bits per heavy atom. The van der Waals surface area contributed by atoms with Gasteiger partial charge in [0.1, 0.15) is 0 Å². The second-order valence-corrected chi connectivity index (χ2v) is 7.10. The van der Waals surface area contributed by atoms with E-state index >= 15 is 0 Å². The van der Waals surface area contributed by atoms with Gasteiger partial charge in [0, 0.05) is 32.2 Å². The van der Waals surface area contributed by atoms with Crippen molar-refractivity contribution in [1.82, 2.24) is 9.62 Å². The number of hydrogen-bond acceptors (Lipinski definition) is 4. The third kappa shape index (κ3) is 4.42. The highest BCUT2D eigenvalue weighted by Gasteiger charge is 2.25. The summed E-state index contributed by atoms with van der Waals surface area (Å²) >= 11 is 0. The predicted octanol–water partition coefficient (Wildman–Crippen LogP) is 1.36. The maximum atomic E-state index is 12.7. The third-order valence-corrected chi connectivity index (χ3v) is 5.35. The van der Waals surface area contributed by atoms with Crippen molar-refractivity contribution in [1.29, 1.82) is 0 Å². The van der Waals surface area contributed by atoms with Crippen molar-refractivity contribution in [3.63, 3.8) is 0 Å². The van der Waals surface area contributed by atoms with Gasteiger partial charge in [0.25, 0.3) is 0 Å². The van der Waals surface area contributed by atoms with Gasteiger partial charge in [-0.25, -0.2) is 8.42 Å². The maximum absolute atomic E-state index is 12.7. The van der Waals surface area contributed by atoms with Crippen LogP contribution in [0.5, 0.6) is 0 Å². The summed E-state index contributed by atoms with van der Waals surface area (Å²) < 4.78 is 26.8. The number of rotatable bonds is 3. The van der Waals surface area contributed by atoms with E-state index in [1.807, 2.05) is 6.92 Å². The first kappa shape index (κ1) is 18.9. The van der Waals surface area contributed by atoms with Gasteiger partial charge in [0.15, 0.2) is 0 Å². The summed E-state index contributed by atoms with van der Waals surface area (Å²) in [6.07, 6.45) is 0.795. The standard InChI is InChI=1S/C14H21N3O3S.ClH/c1-11-4-5-13(10-14(11)16-12(2)18)21(19,20)17-8-3-6-15-7-9-17;/h4-5,10,15H,3,6-9H2,1-2H3,(H,16,18);1H. The molecule has 2 N–H and O–H groups in total. The number of amides is 1. The normalized spacial score (nSPS) is 16.5. The molecule has 1 amide bonds. The van der Waals surface area contributed by atoms with Crippen LogP contribution in [0.15, 0.2) is 23.1 Å². The largest absolute Gasteiger partial charge is 0.326 e. The maximum Gasteiger partial charge on any atom is 0.243 e. The molecule has 0 spiro atoms. The zero-order chi connectivity index (χ0) is 15.5. The van der Waals surface area contributed by atoms with Gasteiger partial charge in [0.05, 0.1) is 4.90 Å². The van der Waals surface area contributed by atoms with Crippen molar-refractivity contribution >= 4 is 34.0 Å². The van der Waals surface area contributed by atoms with E-state index in [0.29, 0.717) is 25.3 Å². The van der Waals surface area contributed by atoms with E-state index in [-0.39, 0.29) is 23.2 Å². The van der Waals surface area contributed by atoms with E-state index in [1.54, 1.807) is 12.1 Å². The minimum absolute atomic E-state index is 0. The van der Waals surface area contributed by atoms with Gasteiger partial charge < -0.3 is 10.6 Å².